The van der Waals surface area contributed by atoms with Gasteiger partial charge in [-0.25, -0.2) is 0 Å². The van der Waals surface area contributed by atoms with E-state index in [9.17, 15) is 15.0 Å². The molecule has 0 amide bonds. The van der Waals surface area contributed by atoms with Gasteiger partial charge >= 0.3 is 5.97 Å². The van der Waals surface area contributed by atoms with E-state index in [1.807, 2.05) is 12.1 Å². The van der Waals surface area contributed by atoms with Crippen molar-refractivity contribution in [3.63, 3.8) is 0 Å². The molecule has 2 aromatic carbocycles. The van der Waals surface area contributed by atoms with Crippen molar-refractivity contribution in [3.8, 4) is 28.7 Å². The number of fused-ring (bicyclic) bond motifs is 3. The Morgan fingerprint density at radius 1 is 1.00 bits per heavy atom. The molecule has 4 N–H and O–H groups in total. The summed E-state index contributed by atoms with van der Waals surface area (Å²) in [5.74, 6) is -0.339. The number of ether oxygens (including phenoxy) is 7. The lowest BCUT2D eigenvalue weighted by molar-refractivity contribution is -0.249. The van der Waals surface area contributed by atoms with E-state index in [0.717, 1.165) is 11.1 Å². The monoisotopic (exact) mass is 529 g/mol. The molecule has 3 heterocycles. The van der Waals surface area contributed by atoms with Gasteiger partial charge in [0.1, 0.15) is 0 Å². The molecule has 4 unspecified atom stereocenters. The molecule has 0 bridgehead atoms. The first-order valence-corrected chi connectivity index (χ1v) is 12.6. The van der Waals surface area contributed by atoms with Crippen molar-refractivity contribution in [1.82, 2.24) is 0 Å². The van der Waals surface area contributed by atoms with Gasteiger partial charge in [0.25, 0.3) is 0 Å². The summed E-state index contributed by atoms with van der Waals surface area (Å²) in [7, 11) is 2.91. The SMILES string of the molecule is COc1cc([C@@H]2c3cc4c(cc3[C@@H](OC3CC(N)C(O)C(C)O3)[C@H]3COC(=O)[C@H]23)OCO4)cc(OC)c1O. The van der Waals surface area contributed by atoms with E-state index in [0.29, 0.717) is 23.5 Å². The van der Waals surface area contributed by atoms with Crippen LogP contribution in [-0.4, -0.2) is 68.3 Å². The summed E-state index contributed by atoms with van der Waals surface area (Å²) in [4.78, 5) is 13.3. The topological polar surface area (TPSA) is 148 Å². The van der Waals surface area contributed by atoms with Gasteiger partial charge in [0, 0.05) is 24.3 Å². The fourth-order valence-corrected chi connectivity index (χ4v) is 6.12. The maximum Gasteiger partial charge on any atom is 0.310 e. The van der Waals surface area contributed by atoms with Gasteiger partial charge < -0.3 is 49.1 Å². The number of carbonyl (C=O) groups is 1. The van der Waals surface area contributed by atoms with Crippen LogP contribution in [0.4, 0.5) is 0 Å². The largest absolute Gasteiger partial charge is 0.502 e. The minimum absolute atomic E-state index is 0.0835. The van der Waals surface area contributed by atoms with Crippen molar-refractivity contribution in [2.75, 3.05) is 27.6 Å². The third-order valence-corrected chi connectivity index (χ3v) is 8.03. The Labute approximate surface area is 219 Å². The molecular formula is C27H31NO10. The Morgan fingerprint density at radius 2 is 1.66 bits per heavy atom. The van der Waals surface area contributed by atoms with E-state index >= 15 is 0 Å². The highest BCUT2D eigenvalue weighted by Gasteiger charge is 2.54. The molecule has 204 valence electrons. The molecule has 2 saturated heterocycles. The van der Waals surface area contributed by atoms with E-state index in [1.165, 1.54) is 14.2 Å². The van der Waals surface area contributed by atoms with Crippen LogP contribution in [-0.2, 0) is 19.0 Å². The number of cyclic esters (lactones) is 1. The molecule has 0 aromatic heterocycles. The molecule has 0 radical (unpaired) electrons. The van der Waals surface area contributed by atoms with Crippen LogP contribution in [0.3, 0.4) is 0 Å². The molecule has 0 saturated carbocycles. The Balaban J connectivity index is 1.48. The molecule has 38 heavy (non-hydrogen) atoms. The molecule has 6 rings (SSSR count). The second-order valence-electron chi connectivity index (χ2n) is 10.1. The van der Waals surface area contributed by atoms with Crippen LogP contribution < -0.4 is 24.7 Å². The van der Waals surface area contributed by atoms with Crippen LogP contribution in [0.15, 0.2) is 24.3 Å². The summed E-state index contributed by atoms with van der Waals surface area (Å²) in [5, 5.41) is 20.8. The van der Waals surface area contributed by atoms with Crippen LogP contribution in [0.2, 0.25) is 0 Å². The van der Waals surface area contributed by atoms with Crippen LogP contribution >= 0.6 is 0 Å². The molecule has 4 aliphatic rings. The summed E-state index contributed by atoms with van der Waals surface area (Å²) in [5.41, 5.74) is 8.46. The number of rotatable bonds is 5. The minimum Gasteiger partial charge on any atom is -0.502 e. The number of esters is 1. The first kappa shape index (κ1) is 25.1. The number of aromatic hydroxyl groups is 1. The lowest BCUT2D eigenvalue weighted by atomic mass is 9.66. The third kappa shape index (κ3) is 3.92. The van der Waals surface area contributed by atoms with Crippen LogP contribution in [0.1, 0.15) is 42.1 Å². The van der Waals surface area contributed by atoms with Crippen molar-refractivity contribution < 1.29 is 48.2 Å². The van der Waals surface area contributed by atoms with Crippen molar-refractivity contribution in [2.45, 2.75) is 49.9 Å². The molecule has 3 aliphatic heterocycles. The average Bonchev–Trinajstić information content (AvgIpc) is 3.52. The normalized spacial score (nSPS) is 33.3. The number of aliphatic hydroxyl groups is 1. The van der Waals surface area contributed by atoms with E-state index in [-0.39, 0.29) is 42.5 Å². The maximum atomic E-state index is 13.3. The number of phenolic OH excluding ortho intramolecular Hbond substituents is 1. The standard InChI is InChI=1S/C27H31NO10/c1-11-24(29)16(28)8-21(37-11)38-26-14-7-18-17(35-10-36-18)6-13(14)22(23-15(26)9-34-27(23)31)12-4-19(32-2)25(30)20(5-12)33-3/h4-7,11,15-16,21-24,26,29-30H,8-10,28H2,1-3H3/t11?,15-,16?,21?,22+,23-,24?,26+/m0/s1. The van der Waals surface area contributed by atoms with E-state index < -0.39 is 42.5 Å². The first-order chi connectivity index (χ1) is 18.3. The lowest BCUT2D eigenvalue weighted by Gasteiger charge is -2.42. The summed E-state index contributed by atoms with van der Waals surface area (Å²) in [6, 6.07) is 6.64. The minimum atomic E-state index is -0.796. The molecule has 11 nitrogen and oxygen atoms in total. The predicted molar refractivity (Wildman–Crippen MR) is 130 cm³/mol. The van der Waals surface area contributed by atoms with Crippen molar-refractivity contribution in [1.29, 1.82) is 0 Å². The number of aliphatic hydroxyl groups excluding tert-OH is 1. The van der Waals surface area contributed by atoms with Crippen LogP contribution in [0.25, 0.3) is 0 Å². The van der Waals surface area contributed by atoms with Crippen molar-refractivity contribution in [3.05, 3.63) is 41.0 Å². The maximum absolute atomic E-state index is 13.3. The second-order valence-corrected chi connectivity index (χ2v) is 10.1. The Kier molecular flexibility index (Phi) is 6.26. The molecular weight excluding hydrogens is 498 g/mol. The fraction of sp³-hybridized carbons (Fsp3) is 0.519. The lowest BCUT2D eigenvalue weighted by Crippen LogP contribution is -2.52. The second kappa shape index (κ2) is 9.49. The van der Waals surface area contributed by atoms with Crippen LogP contribution in [0.5, 0.6) is 28.7 Å². The zero-order chi connectivity index (χ0) is 26.7. The summed E-state index contributed by atoms with van der Waals surface area (Å²) < 4.78 is 40.3. The first-order valence-electron chi connectivity index (χ1n) is 12.6. The van der Waals surface area contributed by atoms with Gasteiger partial charge in [-0.2, -0.15) is 0 Å². The molecule has 2 fully saturated rings. The van der Waals surface area contributed by atoms with Gasteiger partial charge in [-0.05, 0) is 47.9 Å². The Hall–Kier alpha value is -3.25. The van der Waals surface area contributed by atoms with E-state index in [2.05, 4.69) is 0 Å². The zero-order valence-electron chi connectivity index (χ0n) is 21.3. The molecule has 0 spiro atoms. The quantitative estimate of drug-likeness (QED) is 0.488. The highest BCUT2D eigenvalue weighted by molar-refractivity contribution is 5.79. The zero-order valence-corrected chi connectivity index (χ0v) is 21.3. The van der Waals surface area contributed by atoms with Gasteiger partial charge in [-0.15, -0.1) is 0 Å². The summed E-state index contributed by atoms with van der Waals surface area (Å²) >= 11 is 0. The van der Waals surface area contributed by atoms with Gasteiger partial charge in [0.05, 0.1) is 45.1 Å². The van der Waals surface area contributed by atoms with Gasteiger partial charge in [0.2, 0.25) is 12.5 Å². The number of hydrogen-bond donors (Lipinski definition) is 3. The van der Waals surface area contributed by atoms with E-state index in [1.54, 1.807) is 19.1 Å². The number of methoxy groups -OCH3 is 2. The van der Waals surface area contributed by atoms with Gasteiger partial charge in [0.15, 0.2) is 29.3 Å². The van der Waals surface area contributed by atoms with Crippen LogP contribution in [0, 0.1) is 11.8 Å². The number of phenols is 1. The molecule has 11 heteroatoms. The van der Waals surface area contributed by atoms with Gasteiger partial charge in [-0.1, -0.05) is 0 Å². The molecule has 8 atom stereocenters. The van der Waals surface area contributed by atoms with Crippen molar-refractivity contribution in [2.24, 2.45) is 17.6 Å². The highest BCUT2D eigenvalue weighted by atomic mass is 16.7. The summed E-state index contributed by atoms with van der Waals surface area (Å²) in [6.45, 7) is 1.99. The highest BCUT2D eigenvalue weighted by Crippen LogP contribution is 2.56. The average molecular weight is 530 g/mol. The van der Waals surface area contributed by atoms with Gasteiger partial charge in [-0.3, -0.25) is 4.79 Å². The van der Waals surface area contributed by atoms with E-state index in [4.69, 9.17) is 38.9 Å². The molecule has 2 aromatic rings. The Morgan fingerprint density at radius 3 is 2.29 bits per heavy atom. The number of benzene rings is 2. The predicted octanol–water partition coefficient (Wildman–Crippen LogP) is 1.95. The number of hydrogen-bond acceptors (Lipinski definition) is 11. The smallest absolute Gasteiger partial charge is 0.310 e. The number of nitrogens with two attached hydrogens (primary N) is 1. The van der Waals surface area contributed by atoms with Crippen molar-refractivity contribution >= 4 is 5.97 Å². The number of carbonyl (C=O) groups excluding carboxylic acids is 1. The third-order valence-electron chi connectivity index (χ3n) is 8.03. The Bertz CT molecular complexity index is 1210. The molecule has 1 aliphatic carbocycles. The summed E-state index contributed by atoms with van der Waals surface area (Å²) in [6.07, 6.45) is -2.27. The fourth-order valence-electron chi connectivity index (χ4n) is 6.12.